The van der Waals surface area contributed by atoms with Crippen LogP contribution < -0.4 is 10.1 Å². The molecule has 0 radical (unpaired) electrons. The molecule has 0 aliphatic heterocycles. The van der Waals surface area contributed by atoms with Crippen molar-refractivity contribution >= 4 is 34.4 Å². The van der Waals surface area contributed by atoms with Crippen molar-refractivity contribution in [2.24, 2.45) is 0 Å². The first-order chi connectivity index (χ1) is 17.9. The number of nitrogens with zero attached hydrogens (tertiary/aromatic N) is 1. The Kier molecular flexibility index (Phi) is 9.14. The van der Waals surface area contributed by atoms with E-state index >= 15 is 0 Å². The first-order valence-electron chi connectivity index (χ1n) is 13.0. The lowest BCUT2D eigenvalue weighted by atomic mass is 10.0. The van der Waals surface area contributed by atoms with Gasteiger partial charge in [0, 0.05) is 16.8 Å². The van der Waals surface area contributed by atoms with Gasteiger partial charge < -0.3 is 19.5 Å². The van der Waals surface area contributed by atoms with Crippen molar-refractivity contribution in [1.29, 1.82) is 0 Å². The van der Waals surface area contributed by atoms with E-state index in [9.17, 15) is 14.4 Å². The normalized spacial score (nSPS) is 11.3. The summed E-state index contributed by atoms with van der Waals surface area (Å²) in [6.45, 7) is 13.0. The van der Waals surface area contributed by atoms with Gasteiger partial charge in [0.05, 0.1) is 12.1 Å². The first kappa shape index (κ1) is 28.7. The number of rotatable bonds is 9. The highest BCUT2D eigenvalue weighted by atomic mass is 16.6. The number of amides is 1. The van der Waals surface area contributed by atoms with Crippen LogP contribution in [-0.4, -0.2) is 40.3 Å². The average Bonchev–Trinajstić information content (AvgIpc) is 3.23. The van der Waals surface area contributed by atoms with Crippen molar-refractivity contribution in [3.63, 3.8) is 0 Å². The zero-order chi connectivity index (χ0) is 28.0. The van der Waals surface area contributed by atoms with Gasteiger partial charge in [-0.1, -0.05) is 19.8 Å². The van der Waals surface area contributed by atoms with Crippen LogP contribution in [0.4, 0.5) is 5.69 Å². The number of fused-ring (bicyclic) bond motifs is 1. The van der Waals surface area contributed by atoms with Crippen molar-refractivity contribution in [3.8, 4) is 11.5 Å². The van der Waals surface area contributed by atoms with Gasteiger partial charge in [0.1, 0.15) is 22.7 Å². The number of aromatic nitrogens is 2. The summed E-state index contributed by atoms with van der Waals surface area (Å²) in [5.41, 5.74) is 2.98. The molecule has 2 aromatic carbocycles. The van der Waals surface area contributed by atoms with Gasteiger partial charge in [0.25, 0.3) is 0 Å². The Hall–Kier alpha value is -3.88. The molecule has 0 aliphatic carbocycles. The zero-order valence-corrected chi connectivity index (χ0v) is 23.2. The van der Waals surface area contributed by atoms with Crippen LogP contribution in [0, 0.1) is 13.8 Å². The van der Waals surface area contributed by atoms with E-state index < -0.39 is 23.4 Å². The van der Waals surface area contributed by atoms with E-state index in [1.165, 1.54) is 0 Å². The minimum atomic E-state index is -0.951. The minimum absolute atomic E-state index is 0.110. The van der Waals surface area contributed by atoms with Gasteiger partial charge in [-0.25, -0.2) is 9.59 Å². The number of unbranched alkanes of at least 4 members (excludes halogenated alkanes) is 2. The average molecular weight is 524 g/mol. The van der Waals surface area contributed by atoms with E-state index in [1.54, 1.807) is 25.1 Å². The molecule has 38 heavy (non-hydrogen) atoms. The summed E-state index contributed by atoms with van der Waals surface area (Å²) >= 11 is 0. The molecule has 1 amide bonds. The molecular weight excluding hydrogens is 486 g/mol. The Balaban J connectivity index is 2.03. The summed E-state index contributed by atoms with van der Waals surface area (Å²) in [5, 5.41) is 10.8. The molecule has 9 heteroatoms. The van der Waals surface area contributed by atoms with E-state index in [0.29, 0.717) is 44.8 Å². The van der Waals surface area contributed by atoms with Gasteiger partial charge in [0.2, 0.25) is 0 Å². The van der Waals surface area contributed by atoms with E-state index in [4.69, 9.17) is 14.2 Å². The zero-order valence-electron chi connectivity index (χ0n) is 23.2. The van der Waals surface area contributed by atoms with Crippen LogP contribution in [-0.2, 0) is 25.5 Å². The van der Waals surface area contributed by atoms with Crippen LogP contribution in [0.2, 0.25) is 0 Å². The van der Waals surface area contributed by atoms with E-state index in [-0.39, 0.29) is 6.61 Å². The molecule has 3 aromatic rings. The summed E-state index contributed by atoms with van der Waals surface area (Å²) in [7, 11) is 0. The number of hydrogen-bond donors (Lipinski definition) is 2. The van der Waals surface area contributed by atoms with Gasteiger partial charge in [-0.05, 0) is 89.8 Å². The summed E-state index contributed by atoms with van der Waals surface area (Å²) in [5.74, 6) is -1.43. The lowest BCUT2D eigenvalue weighted by Gasteiger charge is -2.22. The maximum Gasteiger partial charge on any atom is 0.397 e. The van der Waals surface area contributed by atoms with E-state index in [0.717, 1.165) is 31.4 Å². The second kappa shape index (κ2) is 12.1. The Bertz CT molecular complexity index is 1310. The lowest BCUT2D eigenvalue weighted by molar-refractivity contribution is -0.152. The molecule has 0 fully saturated rings. The fourth-order valence-corrected chi connectivity index (χ4v) is 4.18. The predicted octanol–water partition coefficient (Wildman–Crippen LogP) is 6.16. The van der Waals surface area contributed by atoms with Crippen molar-refractivity contribution < 1.29 is 28.6 Å². The number of benzene rings is 2. The summed E-state index contributed by atoms with van der Waals surface area (Å²) in [4.78, 5) is 37.3. The molecule has 9 nitrogen and oxygen atoms in total. The monoisotopic (exact) mass is 523 g/mol. The molecule has 2 N–H and O–H groups in total. The second-order valence-corrected chi connectivity index (χ2v) is 10.2. The topological polar surface area (TPSA) is 120 Å². The summed E-state index contributed by atoms with van der Waals surface area (Å²) in [6, 6.07) is 6.92. The molecular formula is C29H37N3O6. The molecule has 0 atom stereocenters. The van der Waals surface area contributed by atoms with Gasteiger partial charge in [-0.2, -0.15) is 5.10 Å². The van der Waals surface area contributed by atoms with Crippen LogP contribution in [0.5, 0.6) is 11.5 Å². The van der Waals surface area contributed by atoms with Crippen LogP contribution in [0.25, 0.3) is 10.9 Å². The van der Waals surface area contributed by atoms with Crippen LogP contribution >= 0.6 is 0 Å². The highest BCUT2D eigenvalue weighted by Gasteiger charge is 2.27. The number of ether oxygens (including phenoxy) is 3. The number of carbonyl (C=O) groups is 3. The SMILES string of the molecule is CCCCCc1[nH]nc2ccc(Oc3c(C)cc(NC(=O)C(=O)OCC)cc3C)c(C(=O)OC(C)(C)C)c12. The Labute approximate surface area is 223 Å². The third-order valence-corrected chi connectivity index (χ3v) is 5.78. The number of aromatic amines is 1. The van der Waals surface area contributed by atoms with Gasteiger partial charge in [0.15, 0.2) is 0 Å². The number of hydrogen-bond acceptors (Lipinski definition) is 7. The Morgan fingerprint density at radius 3 is 2.32 bits per heavy atom. The fourth-order valence-electron chi connectivity index (χ4n) is 4.18. The number of esters is 2. The molecule has 1 heterocycles. The van der Waals surface area contributed by atoms with Crippen molar-refractivity contribution in [1.82, 2.24) is 10.2 Å². The number of aryl methyl sites for hydroxylation is 3. The quantitative estimate of drug-likeness (QED) is 0.196. The maximum absolute atomic E-state index is 13.5. The third-order valence-electron chi connectivity index (χ3n) is 5.78. The first-order valence-corrected chi connectivity index (χ1v) is 13.0. The maximum atomic E-state index is 13.5. The molecule has 0 saturated heterocycles. The number of anilines is 1. The predicted molar refractivity (Wildman–Crippen MR) is 146 cm³/mol. The van der Waals surface area contributed by atoms with Crippen LogP contribution in [0.3, 0.4) is 0 Å². The van der Waals surface area contributed by atoms with Gasteiger partial charge in [-0.3, -0.25) is 9.89 Å². The van der Waals surface area contributed by atoms with Crippen LogP contribution in [0.15, 0.2) is 24.3 Å². The smallest absolute Gasteiger partial charge is 0.397 e. The molecule has 0 aliphatic rings. The summed E-state index contributed by atoms with van der Waals surface area (Å²) in [6.07, 6.45) is 3.85. The molecule has 1 aromatic heterocycles. The number of nitrogens with one attached hydrogen (secondary N) is 2. The molecule has 3 rings (SSSR count). The molecule has 0 spiro atoms. The Morgan fingerprint density at radius 2 is 1.71 bits per heavy atom. The van der Waals surface area contributed by atoms with Crippen LogP contribution in [0.1, 0.15) is 81.1 Å². The van der Waals surface area contributed by atoms with Crippen molar-refractivity contribution in [2.45, 2.75) is 79.8 Å². The molecule has 0 saturated carbocycles. The van der Waals surface area contributed by atoms with Gasteiger partial charge in [-0.15, -0.1) is 0 Å². The molecule has 0 bridgehead atoms. The van der Waals surface area contributed by atoms with Crippen molar-refractivity contribution in [2.75, 3.05) is 11.9 Å². The van der Waals surface area contributed by atoms with E-state index in [1.807, 2.05) is 40.7 Å². The highest BCUT2D eigenvalue weighted by Crippen LogP contribution is 2.37. The van der Waals surface area contributed by atoms with Crippen molar-refractivity contribution in [3.05, 3.63) is 46.6 Å². The second-order valence-electron chi connectivity index (χ2n) is 10.2. The third kappa shape index (κ3) is 6.90. The number of carbonyl (C=O) groups excluding carboxylic acids is 3. The van der Waals surface area contributed by atoms with E-state index in [2.05, 4.69) is 22.4 Å². The Morgan fingerprint density at radius 1 is 1.03 bits per heavy atom. The van der Waals surface area contributed by atoms with Gasteiger partial charge >= 0.3 is 17.8 Å². The molecule has 0 unspecified atom stereocenters. The largest absolute Gasteiger partial charge is 0.459 e. The lowest BCUT2D eigenvalue weighted by Crippen LogP contribution is -2.25. The fraction of sp³-hybridized carbons (Fsp3) is 0.448. The minimum Gasteiger partial charge on any atom is -0.459 e. The number of H-pyrrole nitrogens is 1. The standard InChI is InChI=1S/C29H37N3O6/c1-8-10-11-12-20-23-21(32-31-20)13-14-22(24(23)27(34)38-29(5,6)7)37-25-17(3)15-19(16-18(25)4)30-26(33)28(35)36-9-2/h13-16H,8-12H2,1-7H3,(H,30,33)(H,31,32). The highest BCUT2D eigenvalue weighted by molar-refractivity contribution is 6.37. The summed E-state index contributed by atoms with van der Waals surface area (Å²) < 4.78 is 16.9. The molecule has 204 valence electrons.